The van der Waals surface area contributed by atoms with Crippen molar-refractivity contribution in [1.82, 2.24) is 20.3 Å². The molecule has 0 aliphatic carbocycles. The summed E-state index contributed by atoms with van der Waals surface area (Å²) in [5.74, 6) is 0.237. The van der Waals surface area contributed by atoms with Gasteiger partial charge >= 0.3 is 0 Å². The fourth-order valence-electron chi connectivity index (χ4n) is 2.99. The predicted molar refractivity (Wildman–Crippen MR) is 119 cm³/mol. The van der Waals surface area contributed by atoms with Crippen LogP contribution in [0.25, 0.3) is 11.1 Å². The SMILES string of the molecule is C=C/C(=C\C)Nc1ncc(-c2ccc(CC(C)NCc3ccccn3)c(F)c2)cn1. The highest BCUT2D eigenvalue weighted by atomic mass is 19.1. The number of rotatable bonds is 9. The van der Waals surface area contributed by atoms with E-state index >= 15 is 0 Å². The Labute approximate surface area is 176 Å². The Bertz CT molecular complexity index is 1000. The summed E-state index contributed by atoms with van der Waals surface area (Å²) >= 11 is 0. The number of allylic oxidation sites excluding steroid dienone is 2. The van der Waals surface area contributed by atoms with Crippen molar-refractivity contribution in [2.75, 3.05) is 5.32 Å². The van der Waals surface area contributed by atoms with Gasteiger partial charge in [-0.25, -0.2) is 14.4 Å². The van der Waals surface area contributed by atoms with Crippen molar-refractivity contribution in [3.63, 3.8) is 0 Å². The van der Waals surface area contributed by atoms with Gasteiger partial charge in [-0.15, -0.1) is 0 Å². The van der Waals surface area contributed by atoms with Crippen LogP contribution < -0.4 is 10.6 Å². The average molecular weight is 404 g/mol. The zero-order valence-corrected chi connectivity index (χ0v) is 17.3. The van der Waals surface area contributed by atoms with Crippen LogP contribution in [-0.4, -0.2) is 21.0 Å². The molecule has 0 saturated heterocycles. The van der Waals surface area contributed by atoms with Gasteiger partial charge in [0.05, 0.1) is 5.69 Å². The molecule has 0 bridgehead atoms. The van der Waals surface area contributed by atoms with Crippen molar-refractivity contribution < 1.29 is 4.39 Å². The lowest BCUT2D eigenvalue weighted by Crippen LogP contribution is -2.28. The van der Waals surface area contributed by atoms with Crippen molar-refractivity contribution in [3.05, 3.63) is 96.5 Å². The number of nitrogens with zero attached hydrogens (tertiary/aromatic N) is 3. The maximum Gasteiger partial charge on any atom is 0.227 e. The molecule has 0 saturated carbocycles. The van der Waals surface area contributed by atoms with Crippen LogP contribution >= 0.6 is 0 Å². The van der Waals surface area contributed by atoms with E-state index < -0.39 is 0 Å². The molecule has 3 rings (SSSR count). The molecule has 3 aromatic rings. The largest absolute Gasteiger partial charge is 0.325 e. The molecular formula is C24H26FN5. The molecule has 0 fully saturated rings. The molecule has 0 radical (unpaired) electrons. The van der Waals surface area contributed by atoms with Gasteiger partial charge in [0.2, 0.25) is 5.95 Å². The Balaban J connectivity index is 1.62. The van der Waals surface area contributed by atoms with Gasteiger partial charge in [-0.3, -0.25) is 4.98 Å². The van der Waals surface area contributed by atoms with Crippen molar-refractivity contribution in [1.29, 1.82) is 0 Å². The third kappa shape index (κ3) is 5.81. The Hall–Kier alpha value is -3.38. The number of aromatic nitrogens is 3. The first-order valence-corrected chi connectivity index (χ1v) is 9.89. The van der Waals surface area contributed by atoms with Crippen LogP contribution in [0.1, 0.15) is 25.1 Å². The molecule has 1 atom stereocenters. The summed E-state index contributed by atoms with van der Waals surface area (Å²) in [7, 11) is 0. The van der Waals surface area contributed by atoms with Crippen LogP contribution in [0.15, 0.2) is 79.4 Å². The van der Waals surface area contributed by atoms with E-state index in [9.17, 15) is 4.39 Å². The van der Waals surface area contributed by atoms with Crippen LogP contribution in [0.2, 0.25) is 0 Å². The molecular weight excluding hydrogens is 377 g/mol. The molecule has 0 amide bonds. The third-order valence-corrected chi connectivity index (χ3v) is 4.71. The maximum atomic E-state index is 14.7. The zero-order valence-electron chi connectivity index (χ0n) is 17.3. The fourth-order valence-corrected chi connectivity index (χ4v) is 2.99. The Morgan fingerprint density at radius 1 is 1.13 bits per heavy atom. The Kier molecular flexibility index (Phi) is 7.40. The van der Waals surface area contributed by atoms with E-state index in [0.29, 0.717) is 24.5 Å². The highest BCUT2D eigenvalue weighted by molar-refractivity contribution is 5.62. The van der Waals surface area contributed by atoms with Crippen LogP contribution in [-0.2, 0) is 13.0 Å². The number of pyridine rings is 1. The molecule has 30 heavy (non-hydrogen) atoms. The monoisotopic (exact) mass is 403 g/mol. The van der Waals surface area contributed by atoms with E-state index in [-0.39, 0.29) is 11.9 Å². The van der Waals surface area contributed by atoms with Gasteiger partial charge in [0.15, 0.2) is 0 Å². The van der Waals surface area contributed by atoms with E-state index in [1.54, 1.807) is 24.7 Å². The first-order valence-electron chi connectivity index (χ1n) is 9.89. The highest BCUT2D eigenvalue weighted by Crippen LogP contribution is 2.22. The topological polar surface area (TPSA) is 62.7 Å². The molecule has 0 aliphatic heterocycles. The molecule has 1 unspecified atom stereocenters. The van der Waals surface area contributed by atoms with E-state index in [0.717, 1.165) is 22.5 Å². The normalized spacial score (nSPS) is 12.4. The van der Waals surface area contributed by atoms with E-state index in [2.05, 4.69) is 32.2 Å². The van der Waals surface area contributed by atoms with Crippen LogP contribution in [0.5, 0.6) is 0 Å². The molecule has 154 valence electrons. The molecule has 5 nitrogen and oxygen atoms in total. The standard InChI is InChI=1S/C24H26FN5/c1-4-21(5-2)30-24-28-14-20(15-29-24)18-9-10-19(23(25)13-18)12-17(3)27-16-22-8-6-7-11-26-22/h4-11,13-15,17,27H,1,12,16H2,2-3H3,(H,28,29,30)/b21-5+. The number of nitrogens with one attached hydrogen (secondary N) is 2. The molecule has 6 heteroatoms. The summed E-state index contributed by atoms with van der Waals surface area (Å²) in [6.07, 6.45) is 9.29. The van der Waals surface area contributed by atoms with Crippen molar-refractivity contribution in [2.45, 2.75) is 32.9 Å². The summed E-state index contributed by atoms with van der Waals surface area (Å²) < 4.78 is 14.7. The fraction of sp³-hybridized carbons (Fsp3) is 0.208. The minimum Gasteiger partial charge on any atom is -0.325 e. The van der Waals surface area contributed by atoms with Crippen LogP contribution in [0.3, 0.4) is 0 Å². The quantitative estimate of drug-likeness (QED) is 0.498. The average Bonchev–Trinajstić information content (AvgIpc) is 2.78. The maximum absolute atomic E-state index is 14.7. The Morgan fingerprint density at radius 3 is 2.57 bits per heavy atom. The van der Waals surface area contributed by atoms with Gasteiger partial charge in [0, 0.05) is 42.4 Å². The number of hydrogen-bond donors (Lipinski definition) is 2. The van der Waals surface area contributed by atoms with Crippen molar-refractivity contribution in [2.24, 2.45) is 0 Å². The van der Waals surface area contributed by atoms with Crippen molar-refractivity contribution >= 4 is 5.95 Å². The lowest BCUT2D eigenvalue weighted by molar-refractivity contribution is 0.522. The van der Waals surface area contributed by atoms with Crippen molar-refractivity contribution in [3.8, 4) is 11.1 Å². The van der Waals surface area contributed by atoms with Gasteiger partial charge in [-0.05, 0) is 55.7 Å². The van der Waals surface area contributed by atoms with Gasteiger partial charge in [-0.1, -0.05) is 30.9 Å². The molecule has 0 spiro atoms. The molecule has 1 aromatic carbocycles. The minimum atomic E-state index is -0.232. The van der Waals surface area contributed by atoms with Gasteiger partial charge in [-0.2, -0.15) is 0 Å². The van der Waals surface area contributed by atoms with E-state index in [1.165, 1.54) is 6.07 Å². The lowest BCUT2D eigenvalue weighted by atomic mass is 10.0. The predicted octanol–water partition coefficient (Wildman–Crippen LogP) is 4.90. The number of hydrogen-bond acceptors (Lipinski definition) is 5. The lowest BCUT2D eigenvalue weighted by Gasteiger charge is -2.15. The molecule has 0 aliphatic rings. The second-order valence-corrected chi connectivity index (χ2v) is 6.98. The first kappa shape index (κ1) is 21.3. The summed E-state index contributed by atoms with van der Waals surface area (Å²) in [5.41, 5.74) is 3.96. The first-order chi connectivity index (χ1) is 14.6. The van der Waals surface area contributed by atoms with Gasteiger partial charge in [0.1, 0.15) is 5.82 Å². The van der Waals surface area contributed by atoms with Crippen LogP contribution in [0.4, 0.5) is 10.3 Å². The zero-order chi connectivity index (χ0) is 21.3. The molecule has 2 aromatic heterocycles. The summed E-state index contributed by atoms with van der Waals surface area (Å²) in [6.45, 7) is 8.32. The highest BCUT2D eigenvalue weighted by Gasteiger charge is 2.10. The number of benzene rings is 1. The number of anilines is 1. The summed E-state index contributed by atoms with van der Waals surface area (Å²) in [4.78, 5) is 12.9. The third-order valence-electron chi connectivity index (χ3n) is 4.71. The van der Waals surface area contributed by atoms with Crippen LogP contribution in [0, 0.1) is 5.82 Å². The Morgan fingerprint density at radius 2 is 1.93 bits per heavy atom. The second-order valence-electron chi connectivity index (χ2n) is 6.98. The van der Waals surface area contributed by atoms with E-state index in [1.807, 2.05) is 50.3 Å². The summed E-state index contributed by atoms with van der Waals surface area (Å²) in [5, 5.41) is 6.44. The van der Waals surface area contributed by atoms with E-state index in [4.69, 9.17) is 0 Å². The molecule has 2 heterocycles. The molecule has 2 N–H and O–H groups in total. The minimum absolute atomic E-state index is 0.117. The second kappa shape index (κ2) is 10.4. The smallest absolute Gasteiger partial charge is 0.227 e. The van der Waals surface area contributed by atoms with Gasteiger partial charge in [0.25, 0.3) is 0 Å². The summed E-state index contributed by atoms with van der Waals surface area (Å²) in [6, 6.07) is 11.2. The van der Waals surface area contributed by atoms with Gasteiger partial charge < -0.3 is 10.6 Å². The number of halogens is 1.